The van der Waals surface area contributed by atoms with Crippen LogP contribution in [0.5, 0.6) is 0 Å². The number of nitrogens with two attached hydrogens (primary N) is 1. The summed E-state index contributed by atoms with van der Waals surface area (Å²) in [5.41, 5.74) is 5.19. The van der Waals surface area contributed by atoms with Crippen molar-refractivity contribution < 1.29 is 87.0 Å². The molecule has 17 heteroatoms. The molecule has 0 heterocycles. The number of aliphatic carboxylic acids is 1. The van der Waals surface area contributed by atoms with Crippen molar-refractivity contribution in [3.63, 3.8) is 0 Å². The normalized spacial score (nSPS) is 10.6. The van der Waals surface area contributed by atoms with Crippen molar-refractivity contribution in [1.82, 2.24) is 0 Å². The van der Waals surface area contributed by atoms with Crippen LogP contribution in [0.25, 0.3) is 0 Å². The van der Waals surface area contributed by atoms with Gasteiger partial charge in [-0.15, -0.1) is 0 Å². The molecule has 0 aromatic heterocycles. The average molecular weight is 480 g/mol. The predicted molar refractivity (Wildman–Crippen MR) is 63.2 cm³/mol. The Morgan fingerprint density at radius 2 is 1.36 bits per heavy atom. The maximum absolute atomic E-state index is 10.1. The molecule has 131 valence electrons. The Kier molecular flexibility index (Phi) is 34.2. The van der Waals surface area contributed by atoms with E-state index in [0.717, 1.165) is 5.75 Å². The van der Waals surface area contributed by atoms with E-state index in [4.69, 9.17) is 45.9 Å². The molecule has 0 saturated carbocycles. The summed E-state index contributed by atoms with van der Waals surface area (Å²) < 4.78 is 68.2. The second-order valence-electron chi connectivity index (χ2n) is 2.54. The molecule has 5 N–H and O–H groups in total. The van der Waals surface area contributed by atoms with Crippen LogP contribution < -0.4 is 5.73 Å². The molecule has 0 amide bonds. The third kappa shape index (κ3) is 107. The summed E-state index contributed by atoms with van der Waals surface area (Å²) in [6.07, 6.45) is 2.48. The van der Waals surface area contributed by atoms with Crippen LogP contribution in [0.15, 0.2) is 0 Å². The van der Waals surface area contributed by atoms with Crippen molar-refractivity contribution in [3.05, 3.63) is 0 Å². The minimum atomic E-state index is -5.17. The molecule has 0 saturated heterocycles. The Balaban J connectivity index is -0.0000000434. The molecule has 12 nitrogen and oxygen atoms in total. The van der Waals surface area contributed by atoms with E-state index in [1.807, 2.05) is 6.26 Å². The number of thioether (sulfide) groups is 1. The third-order valence-electron chi connectivity index (χ3n) is 0.950. The predicted octanol–water partition coefficient (Wildman–Crippen LogP) is -3.35. The zero-order chi connectivity index (χ0) is 16.3. The fraction of sp³-hybridized carbons (Fsp3) is 0.800. The van der Waals surface area contributed by atoms with Crippen LogP contribution in [0.4, 0.5) is 0 Å². The summed E-state index contributed by atoms with van der Waals surface area (Å²) in [7, 11) is -10.3. The monoisotopic (exact) mass is 478 g/mol. The van der Waals surface area contributed by atoms with E-state index in [1.165, 1.54) is 0 Å². The molecule has 0 aliphatic carbocycles. The summed E-state index contributed by atoms with van der Waals surface area (Å²) in [4.78, 5) is 10.1. The van der Waals surface area contributed by atoms with Gasteiger partial charge < -0.3 is 34.5 Å². The van der Waals surface area contributed by atoms with Gasteiger partial charge in [0.2, 0.25) is 0 Å². The number of rotatable bonds is 4. The number of carboxylic acids is 1. The summed E-state index contributed by atoms with van der Waals surface area (Å²) in [6, 6.07) is -0.683. The smallest absolute Gasteiger partial charge is 0.759 e. The first-order valence-electron chi connectivity index (χ1n) is 3.99. The minimum Gasteiger partial charge on any atom is -0.759 e. The second-order valence-corrected chi connectivity index (χ2v) is 5.16. The van der Waals surface area contributed by atoms with Crippen LogP contribution in [0.2, 0.25) is 0 Å². The zero-order valence-corrected chi connectivity index (χ0v) is 17.6. The number of carbonyl (C=O) groups is 1. The van der Waals surface area contributed by atoms with Crippen LogP contribution in [0.1, 0.15) is 6.42 Å². The van der Waals surface area contributed by atoms with E-state index in [9.17, 15) is 4.79 Å². The molecule has 0 rings (SSSR count). The number of carboxylic acid groups (broad SMARTS) is 1. The van der Waals surface area contributed by atoms with Crippen molar-refractivity contribution in [2.75, 3.05) is 12.0 Å². The van der Waals surface area contributed by atoms with Gasteiger partial charge in [-0.25, -0.2) is 0 Å². The largest absolute Gasteiger partial charge is 2.00 e. The topological polar surface area (TPSA) is 255 Å². The molecule has 1 atom stereocenters. The van der Waals surface area contributed by atoms with Crippen molar-refractivity contribution in [3.8, 4) is 0 Å². The fourth-order valence-corrected chi connectivity index (χ4v) is 0.858. The van der Waals surface area contributed by atoms with Gasteiger partial charge in [0, 0.05) is 20.8 Å². The summed E-state index contributed by atoms with van der Waals surface area (Å²) >= 11 is 1.60. The van der Waals surface area contributed by atoms with E-state index in [-0.39, 0.29) is 42.0 Å². The molecule has 0 fully saturated rings. The van der Waals surface area contributed by atoms with Gasteiger partial charge >= 0.3 is 42.5 Å². The Morgan fingerprint density at radius 1 is 1.14 bits per heavy atom. The van der Waals surface area contributed by atoms with Crippen molar-refractivity contribution in [2.45, 2.75) is 12.5 Å². The van der Waals surface area contributed by atoms with Crippen LogP contribution in [-0.4, -0.2) is 69.6 Å². The summed E-state index contributed by atoms with van der Waals surface area (Å²) in [5.74, 6) is -0.1000. The summed E-state index contributed by atoms with van der Waals surface area (Å²) in [5, 5.41) is 8.27. The van der Waals surface area contributed by atoms with Gasteiger partial charge in [0.25, 0.3) is 0 Å². The maximum atomic E-state index is 10.1. The maximum Gasteiger partial charge on any atom is 2.00 e. The first-order valence-corrected chi connectivity index (χ1v) is 8.05. The molecule has 0 aliphatic rings. The second kappa shape index (κ2) is 19.7. The van der Waals surface area contributed by atoms with Crippen LogP contribution >= 0.6 is 11.8 Å². The van der Waals surface area contributed by atoms with Crippen molar-refractivity contribution >= 4 is 38.5 Å². The summed E-state index contributed by atoms with van der Waals surface area (Å²) in [6.45, 7) is 0. The number of hydrogen-bond donors (Lipinski definition) is 2. The SMILES string of the molecule is CSCCC(N)C(=O)O.O.O=S(=O)([O-])[O-].O=S(=O)([O-])[O-].[Mn+2].[Zn+2]. The molecular weight excluding hydrogens is 467 g/mol. The molecule has 1 radical (unpaired) electrons. The molecule has 0 spiro atoms. The van der Waals surface area contributed by atoms with Gasteiger partial charge in [0.1, 0.15) is 6.04 Å². The Morgan fingerprint density at radius 3 is 1.50 bits per heavy atom. The quantitative estimate of drug-likeness (QED) is 0.227. The van der Waals surface area contributed by atoms with Gasteiger partial charge in [-0.2, -0.15) is 11.8 Å². The van der Waals surface area contributed by atoms with Crippen LogP contribution in [0.3, 0.4) is 0 Å². The van der Waals surface area contributed by atoms with Gasteiger partial charge in [0.05, 0.1) is 0 Å². The Bertz CT molecular complexity index is 395. The van der Waals surface area contributed by atoms with Crippen LogP contribution in [-0.2, 0) is 62.1 Å². The first-order chi connectivity index (χ1) is 8.18. The molecule has 0 bridgehead atoms. The molecular formula is C5H13MnNO11S3Zn. The fourth-order valence-electron chi connectivity index (χ4n) is 0.368. The van der Waals surface area contributed by atoms with E-state index < -0.39 is 32.8 Å². The Hall–Kier alpha value is 0.623. The van der Waals surface area contributed by atoms with Gasteiger partial charge in [-0.05, 0) is 18.4 Å². The first kappa shape index (κ1) is 38.3. The molecule has 22 heavy (non-hydrogen) atoms. The van der Waals surface area contributed by atoms with E-state index in [2.05, 4.69) is 0 Å². The van der Waals surface area contributed by atoms with Crippen molar-refractivity contribution in [1.29, 1.82) is 0 Å². The van der Waals surface area contributed by atoms with E-state index in [1.54, 1.807) is 11.8 Å². The Labute approximate surface area is 155 Å². The molecule has 0 aromatic carbocycles. The third-order valence-corrected chi connectivity index (χ3v) is 1.59. The molecule has 0 aromatic rings. The van der Waals surface area contributed by atoms with Gasteiger partial charge in [-0.1, -0.05) is 0 Å². The average Bonchev–Trinajstić information content (AvgIpc) is 2.08. The minimum absolute atomic E-state index is 0. The molecule has 0 aliphatic heterocycles. The standard InChI is InChI=1S/C5H11NO2S.Mn.2H2O4S.H2O.Zn/c1-9-3-2-4(6)5(7)8;;2*1-5(2,3)4;;/h4H,2-3,6H2,1H3,(H,7,8);;2*(H2,1,2,3,4);1H2;/q;+2;;;;+2/p-4. The zero-order valence-electron chi connectivity index (χ0n) is 11.0. The van der Waals surface area contributed by atoms with E-state index in [0.29, 0.717) is 6.42 Å². The van der Waals surface area contributed by atoms with Crippen molar-refractivity contribution in [2.24, 2.45) is 5.73 Å². The van der Waals surface area contributed by atoms with Crippen LogP contribution in [0, 0.1) is 0 Å². The van der Waals surface area contributed by atoms with Gasteiger partial charge in [0.15, 0.2) is 0 Å². The number of hydrogen-bond acceptors (Lipinski definition) is 11. The molecule has 1 unspecified atom stereocenters. The van der Waals surface area contributed by atoms with E-state index >= 15 is 0 Å². The van der Waals surface area contributed by atoms with Gasteiger partial charge in [-0.3, -0.25) is 21.6 Å².